The van der Waals surface area contributed by atoms with Crippen molar-refractivity contribution in [2.24, 2.45) is 34.5 Å². The molecule has 168 valence electrons. The third-order valence-corrected chi connectivity index (χ3v) is 8.20. The molecule has 1 heterocycles. The molecule has 0 aromatic heterocycles. The van der Waals surface area contributed by atoms with E-state index in [-0.39, 0.29) is 34.5 Å². The lowest BCUT2D eigenvalue weighted by Crippen LogP contribution is -2.56. The van der Waals surface area contributed by atoms with Crippen LogP contribution in [0.3, 0.4) is 0 Å². The summed E-state index contributed by atoms with van der Waals surface area (Å²) in [5.41, 5.74) is -0.185. The summed E-state index contributed by atoms with van der Waals surface area (Å²) in [7, 11) is 0. The van der Waals surface area contributed by atoms with Crippen molar-refractivity contribution in [3.05, 3.63) is 0 Å². The van der Waals surface area contributed by atoms with Crippen molar-refractivity contribution in [2.75, 3.05) is 6.54 Å². The molecule has 1 aliphatic heterocycles. The van der Waals surface area contributed by atoms with Crippen molar-refractivity contribution in [3.63, 3.8) is 0 Å². The molecule has 2 saturated carbocycles. The van der Waals surface area contributed by atoms with Crippen LogP contribution in [0.4, 0.5) is 0 Å². The minimum atomic E-state index is -0.779. The van der Waals surface area contributed by atoms with Crippen LogP contribution in [0.15, 0.2) is 0 Å². The highest BCUT2D eigenvalue weighted by molar-refractivity contribution is 6.38. The Kier molecular flexibility index (Phi) is 5.94. The number of fused-ring (bicyclic) bond motifs is 1. The lowest BCUT2D eigenvalue weighted by molar-refractivity contribution is -0.146. The molecule has 6 nitrogen and oxygen atoms in total. The quantitative estimate of drug-likeness (QED) is 0.644. The van der Waals surface area contributed by atoms with Crippen molar-refractivity contribution < 1.29 is 19.2 Å². The molecule has 2 aliphatic carbocycles. The summed E-state index contributed by atoms with van der Waals surface area (Å²) < 4.78 is 0. The average molecular weight is 419 g/mol. The molecule has 5 atom stereocenters. The van der Waals surface area contributed by atoms with E-state index < -0.39 is 23.7 Å². The lowest BCUT2D eigenvalue weighted by atomic mass is 9.79. The molecule has 3 aliphatic rings. The van der Waals surface area contributed by atoms with Gasteiger partial charge in [0.15, 0.2) is 5.78 Å². The Hall–Kier alpha value is -1.72. The molecule has 0 spiro atoms. The van der Waals surface area contributed by atoms with Gasteiger partial charge >= 0.3 is 0 Å². The summed E-state index contributed by atoms with van der Waals surface area (Å²) in [6.45, 7) is 14.2. The van der Waals surface area contributed by atoms with Crippen LogP contribution < -0.4 is 5.32 Å². The van der Waals surface area contributed by atoms with Crippen LogP contribution in [0.25, 0.3) is 0 Å². The van der Waals surface area contributed by atoms with E-state index in [9.17, 15) is 19.2 Å². The van der Waals surface area contributed by atoms with E-state index in [1.54, 1.807) is 4.90 Å². The van der Waals surface area contributed by atoms with Gasteiger partial charge in [0.1, 0.15) is 6.04 Å². The first-order valence-electron chi connectivity index (χ1n) is 11.4. The average Bonchev–Trinajstić information content (AvgIpc) is 2.95. The number of carbonyl (C=O) groups is 4. The maximum absolute atomic E-state index is 13.4. The number of hydrogen-bond acceptors (Lipinski definition) is 4. The minimum Gasteiger partial charge on any atom is -0.344 e. The van der Waals surface area contributed by atoms with E-state index in [4.69, 9.17) is 0 Å². The van der Waals surface area contributed by atoms with Crippen LogP contribution in [0.2, 0.25) is 0 Å². The van der Waals surface area contributed by atoms with Gasteiger partial charge in [-0.1, -0.05) is 60.8 Å². The number of Topliss-reactive ketones (excluding diaryl/α,β-unsaturated/α-hetero) is 2. The third-order valence-electron chi connectivity index (χ3n) is 8.20. The van der Waals surface area contributed by atoms with Crippen LogP contribution >= 0.6 is 0 Å². The van der Waals surface area contributed by atoms with Crippen LogP contribution in [-0.2, 0) is 19.2 Å². The standard InChI is InChI=1S/C24H38N2O4/c1-13(23(3,4)5)22(30)26-12-16-18(24(16,6)7)19(26)21(29)25-17(20(28)14(2)27)11-15-9-8-10-15/h13,15-19H,8-12H2,1-7H3,(H,25,29)/t13-,16?,17?,18?,19+/m1/s1. The first-order chi connectivity index (χ1) is 13.8. The largest absolute Gasteiger partial charge is 0.344 e. The van der Waals surface area contributed by atoms with Crippen LogP contribution in [0.5, 0.6) is 0 Å². The molecular formula is C24H38N2O4. The Morgan fingerprint density at radius 2 is 1.73 bits per heavy atom. The van der Waals surface area contributed by atoms with Gasteiger partial charge in [0.2, 0.25) is 17.6 Å². The van der Waals surface area contributed by atoms with Gasteiger partial charge in [-0.2, -0.15) is 0 Å². The van der Waals surface area contributed by atoms with Crippen LogP contribution in [0, 0.1) is 34.5 Å². The second-order valence-electron chi connectivity index (χ2n) is 11.5. The second-order valence-corrected chi connectivity index (χ2v) is 11.5. The van der Waals surface area contributed by atoms with Gasteiger partial charge in [-0.25, -0.2) is 0 Å². The molecular weight excluding hydrogens is 380 g/mol. The number of ketones is 2. The van der Waals surface area contributed by atoms with Crippen LogP contribution in [-0.4, -0.2) is 46.9 Å². The summed E-state index contributed by atoms with van der Waals surface area (Å²) in [6.07, 6.45) is 3.71. The van der Waals surface area contributed by atoms with Crippen LogP contribution in [0.1, 0.15) is 74.1 Å². The minimum absolute atomic E-state index is 0.000845. The molecule has 6 heteroatoms. The maximum Gasteiger partial charge on any atom is 0.243 e. The normalized spacial score (nSPS) is 29.4. The van der Waals surface area contributed by atoms with Gasteiger partial charge in [0.25, 0.3) is 0 Å². The number of hydrogen-bond donors (Lipinski definition) is 1. The number of likely N-dealkylation sites (tertiary alicyclic amines) is 1. The summed E-state index contributed by atoms with van der Waals surface area (Å²) in [5.74, 6) is -0.751. The van der Waals surface area contributed by atoms with Gasteiger partial charge < -0.3 is 10.2 Å². The lowest BCUT2D eigenvalue weighted by Gasteiger charge is -2.36. The number of nitrogens with zero attached hydrogens (tertiary/aromatic N) is 1. The first kappa shape index (κ1) is 23.0. The molecule has 3 unspecified atom stereocenters. The zero-order chi connectivity index (χ0) is 22.6. The molecule has 3 fully saturated rings. The van der Waals surface area contributed by atoms with E-state index in [0.29, 0.717) is 24.8 Å². The van der Waals surface area contributed by atoms with Gasteiger partial charge in [0, 0.05) is 19.4 Å². The van der Waals surface area contributed by atoms with Gasteiger partial charge in [-0.3, -0.25) is 19.2 Å². The predicted molar refractivity (Wildman–Crippen MR) is 114 cm³/mol. The third kappa shape index (κ3) is 4.06. The molecule has 1 N–H and O–H groups in total. The molecule has 2 amide bonds. The number of piperidine rings is 1. The maximum atomic E-state index is 13.4. The van der Waals surface area contributed by atoms with E-state index >= 15 is 0 Å². The Morgan fingerprint density at radius 3 is 2.20 bits per heavy atom. The van der Waals surface area contributed by atoms with Gasteiger partial charge in [-0.05, 0) is 35.0 Å². The number of rotatable bonds is 7. The summed E-state index contributed by atoms with van der Waals surface area (Å²) in [6, 6.07) is -1.34. The zero-order valence-corrected chi connectivity index (χ0v) is 19.6. The van der Waals surface area contributed by atoms with E-state index in [0.717, 1.165) is 19.3 Å². The van der Waals surface area contributed by atoms with E-state index in [1.807, 2.05) is 27.7 Å². The van der Waals surface area contributed by atoms with E-state index in [2.05, 4.69) is 19.2 Å². The fraction of sp³-hybridized carbons (Fsp3) is 0.833. The summed E-state index contributed by atoms with van der Waals surface area (Å²) >= 11 is 0. The summed E-state index contributed by atoms with van der Waals surface area (Å²) in [4.78, 5) is 52.7. The Balaban J connectivity index is 1.79. The van der Waals surface area contributed by atoms with Crippen molar-refractivity contribution >= 4 is 23.4 Å². The van der Waals surface area contributed by atoms with Crippen molar-refractivity contribution in [3.8, 4) is 0 Å². The Morgan fingerprint density at radius 1 is 1.13 bits per heavy atom. The van der Waals surface area contributed by atoms with Crippen molar-refractivity contribution in [2.45, 2.75) is 86.2 Å². The summed E-state index contributed by atoms with van der Waals surface area (Å²) in [5, 5.41) is 2.89. The molecule has 0 aromatic carbocycles. The highest BCUT2D eigenvalue weighted by Gasteiger charge is 2.69. The fourth-order valence-electron chi connectivity index (χ4n) is 5.23. The zero-order valence-electron chi connectivity index (χ0n) is 19.6. The molecule has 1 saturated heterocycles. The number of carbonyl (C=O) groups excluding carboxylic acids is 4. The first-order valence-corrected chi connectivity index (χ1v) is 11.4. The van der Waals surface area contributed by atoms with E-state index in [1.165, 1.54) is 6.92 Å². The van der Waals surface area contributed by atoms with Gasteiger partial charge in [-0.15, -0.1) is 0 Å². The second kappa shape index (κ2) is 7.76. The fourth-order valence-corrected chi connectivity index (χ4v) is 5.23. The highest BCUT2D eigenvalue weighted by atomic mass is 16.2. The van der Waals surface area contributed by atoms with Gasteiger partial charge in [0.05, 0.1) is 6.04 Å². The smallest absolute Gasteiger partial charge is 0.243 e. The Bertz CT molecular complexity index is 747. The topological polar surface area (TPSA) is 83.6 Å². The monoisotopic (exact) mass is 418 g/mol. The molecule has 30 heavy (non-hydrogen) atoms. The molecule has 0 bridgehead atoms. The number of nitrogens with one attached hydrogen (secondary N) is 1. The molecule has 3 rings (SSSR count). The van der Waals surface area contributed by atoms with Crippen molar-refractivity contribution in [1.82, 2.24) is 10.2 Å². The molecule has 0 radical (unpaired) electrons. The number of amides is 2. The van der Waals surface area contributed by atoms with Crippen molar-refractivity contribution in [1.29, 1.82) is 0 Å². The molecule has 0 aromatic rings. The highest BCUT2D eigenvalue weighted by Crippen LogP contribution is 2.65. The predicted octanol–water partition coefficient (Wildman–Crippen LogP) is 2.98. The Labute approximate surface area is 180 Å². The SMILES string of the molecule is CC(=O)C(=O)C(CC1CCC1)NC(=O)[C@@H]1C2C(CN1C(=O)[C@@H](C)C(C)(C)C)C2(C)C.